The van der Waals surface area contributed by atoms with Crippen LogP contribution in [-0.4, -0.2) is 61.5 Å². The first-order valence-electron chi connectivity index (χ1n) is 8.11. The molecule has 0 bridgehead atoms. The topological polar surface area (TPSA) is 64.7 Å². The average molecular weight is 336 g/mol. The molecular weight excluding hydrogens is 311 g/mol. The van der Waals surface area contributed by atoms with Gasteiger partial charge in [-0.05, 0) is 43.5 Å². The number of benzene rings is 1. The molecule has 132 valence electrons. The van der Waals surface area contributed by atoms with Gasteiger partial charge in [0, 0.05) is 38.9 Å². The molecular formula is C17H25FN4O2. The molecule has 2 rings (SSSR count). The zero-order valence-electron chi connectivity index (χ0n) is 14.4. The summed E-state index contributed by atoms with van der Waals surface area (Å²) >= 11 is 0. The summed E-state index contributed by atoms with van der Waals surface area (Å²) in [5, 5.41) is 5.66. The number of hydrogen-bond donors (Lipinski definition) is 2. The number of likely N-dealkylation sites (tertiary alicyclic amines) is 1. The summed E-state index contributed by atoms with van der Waals surface area (Å²) in [5.74, 6) is -0.202. The number of urea groups is 1. The summed E-state index contributed by atoms with van der Waals surface area (Å²) in [4.78, 5) is 27.4. The Kier molecular flexibility index (Phi) is 6.14. The highest BCUT2D eigenvalue weighted by atomic mass is 19.1. The van der Waals surface area contributed by atoms with E-state index < -0.39 is 0 Å². The van der Waals surface area contributed by atoms with Crippen LogP contribution in [0.2, 0.25) is 0 Å². The highest BCUT2D eigenvalue weighted by Crippen LogP contribution is 2.14. The SMILES string of the molecule is Cc1cc(NC(=O)NC2CCN(CC(=O)N(C)C)CC2)ccc1F. The fourth-order valence-electron chi connectivity index (χ4n) is 2.64. The van der Waals surface area contributed by atoms with Crippen LogP contribution in [0, 0.1) is 12.7 Å². The smallest absolute Gasteiger partial charge is 0.319 e. The van der Waals surface area contributed by atoms with Gasteiger partial charge in [-0.3, -0.25) is 9.69 Å². The van der Waals surface area contributed by atoms with Crippen molar-refractivity contribution < 1.29 is 14.0 Å². The van der Waals surface area contributed by atoms with Crippen LogP contribution in [0.5, 0.6) is 0 Å². The molecule has 0 saturated carbocycles. The lowest BCUT2D eigenvalue weighted by Crippen LogP contribution is -2.48. The monoisotopic (exact) mass is 336 g/mol. The second kappa shape index (κ2) is 8.10. The van der Waals surface area contributed by atoms with E-state index >= 15 is 0 Å². The lowest BCUT2D eigenvalue weighted by Gasteiger charge is -2.32. The second-order valence-corrected chi connectivity index (χ2v) is 6.40. The van der Waals surface area contributed by atoms with Crippen molar-refractivity contribution in [1.82, 2.24) is 15.1 Å². The molecule has 1 fully saturated rings. The normalized spacial score (nSPS) is 15.8. The third-order valence-corrected chi connectivity index (χ3v) is 4.20. The first-order chi connectivity index (χ1) is 11.3. The first kappa shape index (κ1) is 18.2. The van der Waals surface area contributed by atoms with Gasteiger partial charge in [0.1, 0.15) is 5.82 Å². The number of carbonyl (C=O) groups is 2. The molecule has 6 nitrogen and oxygen atoms in total. The van der Waals surface area contributed by atoms with Crippen LogP contribution in [0.4, 0.5) is 14.9 Å². The molecule has 2 N–H and O–H groups in total. The number of halogens is 1. The predicted octanol–water partition coefficient (Wildman–Crippen LogP) is 1.81. The summed E-state index contributed by atoms with van der Waals surface area (Å²) in [6, 6.07) is 4.27. The van der Waals surface area contributed by atoms with Crippen LogP contribution in [0.15, 0.2) is 18.2 Å². The zero-order chi connectivity index (χ0) is 17.7. The summed E-state index contributed by atoms with van der Waals surface area (Å²) in [7, 11) is 3.50. The van der Waals surface area contributed by atoms with Crippen molar-refractivity contribution in [3.63, 3.8) is 0 Å². The van der Waals surface area contributed by atoms with E-state index in [1.165, 1.54) is 12.1 Å². The summed E-state index contributed by atoms with van der Waals surface area (Å²) < 4.78 is 13.2. The molecule has 0 unspecified atom stereocenters. The van der Waals surface area contributed by atoms with E-state index in [9.17, 15) is 14.0 Å². The molecule has 1 aromatic rings. The van der Waals surface area contributed by atoms with Gasteiger partial charge in [0.25, 0.3) is 0 Å². The third-order valence-electron chi connectivity index (χ3n) is 4.20. The molecule has 0 aromatic heterocycles. The quantitative estimate of drug-likeness (QED) is 0.881. The number of likely N-dealkylation sites (N-methyl/N-ethyl adjacent to an activating group) is 1. The van der Waals surface area contributed by atoms with Gasteiger partial charge in [-0.15, -0.1) is 0 Å². The van der Waals surface area contributed by atoms with Gasteiger partial charge in [0.05, 0.1) is 6.54 Å². The van der Waals surface area contributed by atoms with Gasteiger partial charge < -0.3 is 15.5 Å². The van der Waals surface area contributed by atoms with Gasteiger partial charge in [-0.1, -0.05) is 0 Å². The van der Waals surface area contributed by atoms with Crippen molar-refractivity contribution in [3.8, 4) is 0 Å². The molecule has 1 aromatic carbocycles. The number of amides is 3. The standard InChI is InChI=1S/C17H25FN4O2/c1-12-10-14(4-5-15(12)18)20-17(24)19-13-6-8-22(9-7-13)11-16(23)21(2)3/h4-5,10,13H,6-9,11H2,1-3H3,(H2,19,20,24). The van der Waals surface area contributed by atoms with Crippen molar-refractivity contribution in [3.05, 3.63) is 29.6 Å². The molecule has 1 heterocycles. The Morgan fingerprint density at radius 1 is 1.29 bits per heavy atom. The zero-order valence-corrected chi connectivity index (χ0v) is 14.4. The third kappa shape index (κ3) is 5.19. The fourth-order valence-corrected chi connectivity index (χ4v) is 2.64. The summed E-state index contributed by atoms with van der Waals surface area (Å²) in [6.45, 7) is 3.63. The lowest BCUT2D eigenvalue weighted by atomic mass is 10.1. The molecule has 24 heavy (non-hydrogen) atoms. The Labute approximate surface area is 142 Å². The van der Waals surface area contributed by atoms with Crippen molar-refractivity contribution in [2.75, 3.05) is 39.0 Å². The number of piperidine rings is 1. The van der Waals surface area contributed by atoms with Crippen LogP contribution in [0.25, 0.3) is 0 Å². The molecule has 3 amide bonds. The van der Waals surface area contributed by atoms with Gasteiger partial charge >= 0.3 is 6.03 Å². The molecule has 0 spiro atoms. The van der Waals surface area contributed by atoms with Gasteiger partial charge in [-0.2, -0.15) is 0 Å². The molecule has 0 aliphatic carbocycles. The molecule has 0 radical (unpaired) electrons. The maximum absolute atomic E-state index is 13.2. The minimum Gasteiger partial charge on any atom is -0.348 e. The molecule has 1 saturated heterocycles. The highest BCUT2D eigenvalue weighted by Gasteiger charge is 2.22. The van der Waals surface area contributed by atoms with E-state index in [1.54, 1.807) is 32.0 Å². The Bertz CT molecular complexity index is 598. The number of carbonyl (C=O) groups excluding carboxylic acids is 2. The summed E-state index contributed by atoms with van der Waals surface area (Å²) in [5.41, 5.74) is 1.06. The Balaban J connectivity index is 1.76. The maximum atomic E-state index is 13.2. The van der Waals surface area contributed by atoms with E-state index in [4.69, 9.17) is 0 Å². The van der Waals surface area contributed by atoms with Crippen LogP contribution < -0.4 is 10.6 Å². The van der Waals surface area contributed by atoms with E-state index in [1.807, 2.05) is 0 Å². The minimum atomic E-state index is -0.291. The van der Waals surface area contributed by atoms with Gasteiger partial charge in [-0.25, -0.2) is 9.18 Å². The van der Waals surface area contributed by atoms with Crippen molar-refractivity contribution in [1.29, 1.82) is 0 Å². The largest absolute Gasteiger partial charge is 0.348 e. The predicted molar refractivity (Wildman–Crippen MR) is 91.4 cm³/mol. The van der Waals surface area contributed by atoms with Crippen LogP contribution in [0.1, 0.15) is 18.4 Å². The second-order valence-electron chi connectivity index (χ2n) is 6.40. The van der Waals surface area contributed by atoms with Crippen LogP contribution in [0.3, 0.4) is 0 Å². The molecule has 1 aliphatic rings. The van der Waals surface area contributed by atoms with Crippen LogP contribution in [-0.2, 0) is 4.79 Å². The van der Waals surface area contributed by atoms with Gasteiger partial charge in [0.2, 0.25) is 5.91 Å². The number of hydrogen-bond acceptors (Lipinski definition) is 3. The van der Waals surface area contributed by atoms with Crippen LogP contribution >= 0.6 is 0 Å². The minimum absolute atomic E-state index is 0.0808. The first-order valence-corrected chi connectivity index (χ1v) is 8.11. The molecule has 1 aliphatic heterocycles. The van der Waals surface area contributed by atoms with Gasteiger partial charge in [0.15, 0.2) is 0 Å². The van der Waals surface area contributed by atoms with Crippen molar-refractivity contribution >= 4 is 17.6 Å². The number of rotatable bonds is 4. The summed E-state index contributed by atoms with van der Waals surface area (Å²) in [6.07, 6.45) is 1.60. The molecule has 0 atom stereocenters. The van der Waals surface area contributed by atoms with E-state index in [2.05, 4.69) is 15.5 Å². The Morgan fingerprint density at radius 2 is 1.96 bits per heavy atom. The Morgan fingerprint density at radius 3 is 2.54 bits per heavy atom. The van der Waals surface area contributed by atoms with E-state index in [-0.39, 0.29) is 23.8 Å². The molecule has 7 heteroatoms. The highest BCUT2D eigenvalue weighted by molar-refractivity contribution is 5.89. The van der Waals surface area contributed by atoms with Crippen molar-refractivity contribution in [2.24, 2.45) is 0 Å². The number of anilines is 1. The number of aryl methyl sites for hydroxylation is 1. The maximum Gasteiger partial charge on any atom is 0.319 e. The average Bonchev–Trinajstić information content (AvgIpc) is 2.52. The van der Waals surface area contributed by atoms with E-state index in [0.717, 1.165) is 25.9 Å². The number of nitrogens with zero attached hydrogens (tertiary/aromatic N) is 2. The Hall–Kier alpha value is -2.15. The fraction of sp³-hybridized carbons (Fsp3) is 0.529. The number of nitrogens with one attached hydrogen (secondary N) is 2. The van der Waals surface area contributed by atoms with Crippen molar-refractivity contribution in [2.45, 2.75) is 25.8 Å². The van der Waals surface area contributed by atoms with E-state index in [0.29, 0.717) is 17.8 Å². The lowest BCUT2D eigenvalue weighted by molar-refractivity contribution is -0.130.